The molecule has 1 saturated carbocycles. The zero-order valence-electron chi connectivity index (χ0n) is 13.9. The van der Waals surface area contributed by atoms with Gasteiger partial charge in [0, 0.05) is 25.6 Å². The molecule has 4 nitrogen and oxygen atoms in total. The molecule has 1 saturated heterocycles. The summed E-state index contributed by atoms with van der Waals surface area (Å²) in [6.07, 6.45) is 4.69. The topological polar surface area (TPSA) is 35.6 Å². The van der Waals surface area contributed by atoms with Crippen molar-refractivity contribution >= 4 is 42.1 Å². The van der Waals surface area contributed by atoms with E-state index < -0.39 is 0 Å². The Hall–Kier alpha value is -0.970. The van der Waals surface area contributed by atoms with Crippen molar-refractivity contribution in [3.8, 4) is 0 Å². The van der Waals surface area contributed by atoms with Crippen LogP contribution < -0.4 is 15.1 Å². The summed E-state index contributed by atoms with van der Waals surface area (Å²) in [5, 5.41) is 3.35. The van der Waals surface area contributed by atoms with Gasteiger partial charge in [-0.25, -0.2) is 0 Å². The number of halogens is 2. The molecule has 4 rings (SSSR count). The van der Waals surface area contributed by atoms with Gasteiger partial charge in [-0.3, -0.25) is 4.79 Å². The Balaban J connectivity index is 0.00000104. The lowest BCUT2D eigenvalue weighted by atomic mass is 9.95. The maximum absolute atomic E-state index is 12.9. The summed E-state index contributed by atoms with van der Waals surface area (Å²) >= 11 is 0. The second-order valence-electron chi connectivity index (χ2n) is 6.89. The Morgan fingerprint density at radius 3 is 2.33 bits per heavy atom. The van der Waals surface area contributed by atoms with E-state index >= 15 is 0 Å². The van der Waals surface area contributed by atoms with Crippen molar-refractivity contribution < 1.29 is 4.79 Å². The number of nitrogens with one attached hydrogen (secondary N) is 1. The number of carbonyl (C=O) groups excluding carboxylic acids is 1. The molecule has 1 aromatic rings. The molecular weight excluding hydrogens is 345 g/mol. The monoisotopic (exact) mass is 371 g/mol. The molecule has 0 radical (unpaired) electrons. The highest BCUT2D eigenvalue weighted by Gasteiger charge is 2.33. The van der Waals surface area contributed by atoms with E-state index in [1.807, 2.05) is 0 Å². The molecule has 0 spiro atoms. The molecule has 6 heteroatoms. The highest BCUT2D eigenvalue weighted by atomic mass is 35.5. The van der Waals surface area contributed by atoms with Crippen LogP contribution in [0.1, 0.15) is 25.7 Å². The SMILES string of the molecule is Cl.Cl.O=C(C1CCNCC1)N1CCN(CC2CC2)c2ccccc21. The quantitative estimate of drug-likeness (QED) is 0.886. The Kier molecular flexibility index (Phi) is 6.79. The number of anilines is 2. The summed E-state index contributed by atoms with van der Waals surface area (Å²) in [4.78, 5) is 17.5. The number of hydrogen-bond acceptors (Lipinski definition) is 3. The molecule has 0 aromatic heterocycles. The van der Waals surface area contributed by atoms with Gasteiger partial charge in [-0.05, 0) is 56.8 Å². The second kappa shape index (κ2) is 8.41. The molecule has 0 bridgehead atoms. The minimum atomic E-state index is 0. The number of carbonyl (C=O) groups is 1. The summed E-state index contributed by atoms with van der Waals surface area (Å²) in [6, 6.07) is 8.45. The fraction of sp³-hybridized carbons (Fsp3) is 0.611. The van der Waals surface area contributed by atoms with Crippen LogP contribution in [0.25, 0.3) is 0 Å². The van der Waals surface area contributed by atoms with Crippen LogP contribution in [0.2, 0.25) is 0 Å². The van der Waals surface area contributed by atoms with Crippen molar-refractivity contribution in [3.05, 3.63) is 24.3 Å². The molecule has 0 unspecified atom stereocenters. The van der Waals surface area contributed by atoms with E-state index in [1.165, 1.54) is 18.5 Å². The first kappa shape index (κ1) is 19.4. The number of para-hydroxylation sites is 2. The fourth-order valence-electron chi connectivity index (χ4n) is 3.74. The predicted molar refractivity (Wildman–Crippen MR) is 104 cm³/mol. The van der Waals surface area contributed by atoms with Gasteiger partial charge in [-0.2, -0.15) is 0 Å². The van der Waals surface area contributed by atoms with Gasteiger partial charge in [0.1, 0.15) is 0 Å². The highest BCUT2D eigenvalue weighted by molar-refractivity contribution is 5.99. The molecule has 2 fully saturated rings. The number of nitrogens with zero attached hydrogens (tertiary/aromatic N) is 2. The molecule has 24 heavy (non-hydrogen) atoms. The zero-order chi connectivity index (χ0) is 14.9. The van der Waals surface area contributed by atoms with Crippen LogP contribution in [0, 0.1) is 11.8 Å². The van der Waals surface area contributed by atoms with E-state index in [0.717, 1.165) is 57.2 Å². The van der Waals surface area contributed by atoms with Gasteiger partial charge in [0.15, 0.2) is 0 Å². The molecule has 1 aromatic carbocycles. The van der Waals surface area contributed by atoms with Crippen molar-refractivity contribution in [2.75, 3.05) is 42.5 Å². The highest BCUT2D eigenvalue weighted by Crippen LogP contribution is 2.38. The molecule has 1 N–H and O–H groups in total. The first-order chi connectivity index (χ1) is 10.8. The lowest BCUT2D eigenvalue weighted by Crippen LogP contribution is -2.48. The number of piperidine rings is 1. The van der Waals surface area contributed by atoms with Crippen LogP contribution in [0.15, 0.2) is 24.3 Å². The average Bonchev–Trinajstić information content (AvgIpc) is 3.39. The van der Waals surface area contributed by atoms with Crippen molar-refractivity contribution in [2.45, 2.75) is 25.7 Å². The number of benzene rings is 1. The molecule has 3 aliphatic rings. The average molecular weight is 372 g/mol. The van der Waals surface area contributed by atoms with Gasteiger partial charge < -0.3 is 15.1 Å². The Morgan fingerprint density at radius 1 is 1.00 bits per heavy atom. The van der Waals surface area contributed by atoms with Crippen LogP contribution >= 0.6 is 24.8 Å². The molecule has 0 atom stereocenters. The maximum Gasteiger partial charge on any atom is 0.230 e. The fourth-order valence-corrected chi connectivity index (χ4v) is 3.74. The lowest BCUT2D eigenvalue weighted by Gasteiger charge is -2.39. The smallest absolute Gasteiger partial charge is 0.230 e. The van der Waals surface area contributed by atoms with E-state index in [1.54, 1.807) is 0 Å². The lowest BCUT2D eigenvalue weighted by molar-refractivity contribution is -0.123. The Morgan fingerprint density at radius 2 is 1.67 bits per heavy atom. The van der Waals surface area contributed by atoms with Crippen LogP contribution in [-0.2, 0) is 4.79 Å². The predicted octanol–water partition coefficient (Wildman–Crippen LogP) is 3.09. The molecule has 2 aliphatic heterocycles. The minimum Gasteiger partial charge on any atom is -0.368 e. The van der Waals surface area contributed by atoms with Crippen LogP contribution in [0.5, 0.6) is 0 Å². The third-order valence-electron chi connectivity index (χ3n) is 5.24. The van der Waals surface area contributed by atoms with Gasteiger partial charge >= 0.3 is 0 Å². The summed E-state index contributed by atoms with van der Waals surface area (Å²) in [5.74, 6) is 1.41. The first-order valence-electron chi connectivity index (χ1n) is 8.69. The summed E-state index contributed by atoms with van der Waals surface area (Å²) < 4.78 is 0. The van der Waals surface area contributed by atoms with Gasteiger partial charge in [-0.1, -0.05) is 12.1 Å². The minimum absolute atomic E-state index is 0. The van der Waals surface area contributed by atoms with Crippen molar-refractivity contribution in [1.82, 2.24) is 5.32 Å². The molecule has 134 valence electrons. The van der Waals surface area contributed by atoms with Gasteiger partial charge in [0.05, 0.1) is 11.4 Å². The van der Waals surface area contributed by atoms with E-state index in [9.17, 15) is 4.79 Å². The van der Waals surface area contributed by atoms with E-state index in [4.69, 9.17) is 0 Å². The third kappa shape index (κ3) is 3.98. The Labute approximate surface area is 156 Å². The number of rotatable bonds is 3. The van der Waals surface area contributed by atoms with Crippen LogP contribution in [0.4, 0.5) is 11.4 Å². The van der Waals surface area contributed by atoms with E-state index in [-0.39, 0.29) is 30.7 Å². The number of fused-ring (bicyclic) bond motifs is 1. The summed E-state index contributed by atoms with van der Waals surface area (Å²) in [6.45, 7) is 4.92. The van der Waals surface area contributed by atoms with Crippen LogP contribution in [-0.4, -0.2) is 38.6 Å². The molecule has 1 amide bonds. The normalized spacial score (nSPS) is 20.7. The van der Waals surface area contributed by atoms with Crippen molar-refractivity contribution in [1.29, 1.82) is 0 Å². The number of amides is 1. The largest absolute Gasteiger partial charge is 0.368 e. The van der Waals surface area contributed by atoms with Crippen molar-refractivity contribution in [2.24, 2.45) is 11.8 Å². The van der Waals surface area contributed by atoms with Gasteiger partial charge in [0.25, 0.3) is 0 Å². The molecule has 2 heterocycles. The van der Waals surface area contributed by atoms with E-state index in [0.29, 0.717) is 5.91 Å². The second-order valence-corrected chi connectivity index (χ2v) is 6.89. The maximum atomic E-state index is 12.9. The molecule has 1 aliphatic carbocycles. The third-order valence-corrected chi connectivity index (χ3v) is 5.24. The van der Waals surface area contributed by atoms with Crippen LogP contribution in [0.3, 0.4) is 0 Å². The molecular formula is C18H27Cl2N3O. The first-order valence-corrected chi connectivity index (χ1v) is 8.69. The number of hydrogen-bond donors (Lipinski definition) is 1. The zero-order valence-corrected chi connectivity index (χ0v) is 15.6. The van der Waals surface area contributed by atoms with Gasteiger partial charge in [-0.15, -0.1) is 24.8 Å². The van der Waals surface area contributed by atoms with Crippen molar-refractivity contribution in [3.63, 3.8) is 0 Å². The van der Waals surface area contributed by atoms with Gasteiger partial charge in [0.2, 0.25) is 5.91 Å². The standard InChI is InChI=1S/C18H25N3O.2ClH/c22-18(15-7-9-19-10-8-15)21-12-11-20(13-14-5-6-14)16-3-1-2-4-17(16)21;;/h1-4,14-15,19H,5-13H2;2*1H. The Bertz CT molecular complexity index is 559. The summed E-state index contributed by atoms with van der Waals surface area (Å²) in [5.41, 5.74) is 2.38. The summed E-state index contributed by atoms with van der Waals surface area (Å²) in [7, 11) is 0. The van der Waals surface area contributed by atoms with E-state index in [2.05, 4.69) is 39.4 Å².